The largest absolute Gasteiger partial charge is 0.477 e. The SMILES string of the molecule is [C-]#[N+]c1ccc(-c2cc(C(=O)O)sc2-c2ccc3nn(C(C)(C)CO)cc3c2)cc1F. The number of aliphatic hydroxyl groups is 1. The Labute approximate surface area is 181 Å². The van der Waals surface area contributed by atoms with Gasteiger partial charge in [-0.3, -0.25) is 4.68 Å². The van der Waals surface area contributed by atoms with Crippen molar-refractivity contribution in [1.29, 1.82) is 0 Å². The summed E-state index contributed by atoms with van der Waals surface area (Å²) in [5.74, 6) is -1.71. The first-order chi connectivity index (χ1) is 14.7. The van der Waals surface area contributed by atoms with Crippen molar-refractivity contribution in [2.24, 2.45) is 0 Å². The second-order valence-corrected chi connectivity index (χ2v) is 8.81. The van der Waals surface area contributed by atoms with E-state index in [1.165, 1.54) is 18.2 Å². The molecule has 0 saturated carbocycles. The van der Waals surface area contributed by atoms with Crippen LogP contribution in [0, 0.1) is 12.4 Å². The Balaban J connectivity index is 1.87. The average Bonchev–Trinajstić information content (AvgIpc) is 3.38. The van der Waals surface area contributed by atoms with Gasteiger partial charge in [0.2, 0.25) is 5.69 Å². The highest BCUT2D eigenvalue weighted by Crippen LogP contribution is 2.41. The third kappa shape index (κ3) is 3.69. The molecule has 0 spiro atoms. The highest BCUT2D eigenvalue weighted by molar-refractivity contribution is 7.18. The molecule has 2 N–H and O–H groups in total. The fourth-order valence-corrected chi connectivity index (χ4v) is 4.26. The van der Waals surface area contributed by atoms with Gasteiger partial charge in [0.05, 0.1) is 24.2 Å². The quantitative estimate of drug-likeness (QED) is 0.403. The molecule has 4 rings (SSSR count). The zero-order chi connectivity index (χ0) is 22.3. The molecule has 0 aliphatic carbocycles. The third-order valence-corrected chi connectivity index (χ3v) is 6.27. The van der Waals surface area contributed by atoms with Crippen LogP contribution in [0.1, 0.15) is 23.5 Å². The van der Waals surface area contributed by atoms with E-state index in [9.17, 15) is 19.4 Å². The molecule has 156 valence electrons. The van der Waals surface area contributed by atoms with Crippen LogP contribution in [0.4, 0.5) is 10.1 Å². The van der Waals surface area contributed by atoms with Gasteiger partial charge in [-0.05, 0) is 49.2 Å². The van der Waals surface area contributed by atoms with Crippen molar-refractivity contribution >= 4 is 33.9 Å². The number of nitrogens with zero attached hydrogens (tertiary/aromatic N) is 3. The second kappa shape index (κ2) is 7.61. The Morgan fingerprint density at radius 3 is 2.61 bits per heavy atom. The van der Waals surface area contributed by atoms with Gasteiger partial charge in [0.1, 0.15) is 10.7 Å². The van der Waals surface area contributed by atoms with E-state index in [0.717, 1.165) is 27.8 Å². The minimum Gasteiger partial charge on any atom is -0.477 e. The highest BCUT2D eigenvalue weighted by Gasteiger charge is 2.22. The first-order valence-corrected chi connectivity index (χ1v) is 10.2. The third-order valence-electron chi connectivity index (χ3n) is 5.10. The number of halogens is 1. The number of fused-ring (bicyclic) bond motifs is 1. The number of aromatic nitrogens is 2. The number of benzene rings is 2. The van der Waals surface area contributed by atoms with E-state index in [0.29, 0.717) is 16.0 Å². The maximum atomic E-state index is 14.2. The lowest BCUT2D eigenvalue weighted by molar-refractivity contribution is 0.0702. The van der Waals surface area contributed by atoms with Gasteiger partial charge in [-0.2, -0.15) is 5.10 Å². The van der Waals surface area contributed by atoms with Gasteiger partial charge in [0.25, 0.3) is 0 Å². The zero-order valence-corrected chi connectivity index (χ0v) is 17.6. The first-order valence-electron chi connectivity index (χ1n) is 9.39. The Bertz CT molecular complexity index is 1360. The molecule has 0 aliphatic heterocycles. The standard InChI is InChI=1S/C23H18FN3O3S/c1-23(2,12-28)27-11-15-8-14(5-6-18(15)26-27)21-16(10-20(31-21)22(29)30)13-4-7-19(25-3)17(24)9-13/h4-11,28H,12H2,1-2H3,(H,29,30). The molecule has 0 radical (unpaired) electrons. The van der Waals surface area contributed by atoms with Crippen LogP contribution in [0.5, 0.6) is 0 Å². The van der Waals surface area contributed by atoms with Crippen molar-refractivity contribution < 1.29 is 19.4 Å². The summed E-state index contributed by atoms with van der Waals surface area (Å²) < 4.78 is 15.9. The highest BCUT2D eigenvalue weighted by atomic mass is 32.1. The summed E-state index contributed by atoms with van der Waals surface area (Å²) in [5, 5.41) is 24.5. The van der Waals surface area contributed by atoms with E-state index < -0.39 is 17.3 Å². The van der Waals surface area contributed by atoms with Crippen LogP contribution in [0.3, 0.4) is 0 Å². The topological polar surface area (TPSA) is 79.7 Å². The van der Waals surface area contributed by atoms with E-state index in [-0.39, 0.29) is 17.2 Å². The Morgan fingerprint density at radius 1 is 1.23 bits per heavy atom. The molecule has 8 heteroatoms. The summed E-state index contributed by atoms with van der Waals surface area (Å²) in [4.78, 5) is 15.6. The Morgan fingerprint density at radius 2 is 1.97 bits per heavy atom. The van der Waals surface area contributed by atoms with Crippen LogP contribution in [0.2, 0.25) is 0 Å². The first kappa shape index (κ1) is 20.7. The van der Waals surface area contributed by atoms with E-state index >= 15 is 0 Å². The molecule has 0 unspecified atom stereocenters. The number of carboxylic acids is 1. The van der Waals surface area contributed by atoms with Crippen molar-refractivity contribution in [1.82, 2.24) is 9.78 Å². The molecule has 31 heavy (non-hydrogen) atoms. The van der Waals surface area contributed by atoms with Gasteiger partial charge in [-0.15, -0.1) is 11.3 Å². The number of hydrogen-bond acceptors (Lipinski definition) is 4. The summed E-state index contributed by atoms with van der Waals surface area (Å²) in [5.41, 5.74) is 1.96. The van der Waals surface area contributed by atoms with Gasteiger partial charge in [0.15, 0.2) is 0 Å². The summed E-state index contributed by atoms with van der Waals surface area (Å²) >= 11 is 1.11. The zero-order valence-electron chi connectivity index (χ0n) is 16.8. The lowest BCUT2D eigenvalue weighted by Crippen LogP contribution is -2.30. The number of carboxylic acid groups (broad SMARTS) is 1. The molecule has 4 aromatic rings. The van der Waals surface area contributed by atoms with Crippen LogP contribution < -0.4 is 0 Å². The smallest absolute Gasteiger partial charge is 0.345 e. The van der Waals surface area contributed by atoms with Crippen molar-refractivity contribution in [2.75, 3.05) is 6.61 Å². The van der Waals surface area contributed by atoms with Crippen molar-refractivity contribution in [3.63, 3.8) is 0 Å². The van der Waals surface area contributed by atoms with E-state index in [4.69, 9.17) is 6.57 Å². The van der Waals surface area contributed by atoms with Gasteiger partial charge >= 0.3 is 5.97 Å². The van der Waals surface area contributed by atoms with E-state index in [2.05, 4.69) is 9.94 Å². The molecule has 6 nitrogen and oxygen atoms in total. The fraction of sp³-hybridized carbons (Fsp3) is 0.174. The number of aliphatic hydroxyl groups excluding tert-OH is 1. The van der Waals surface area contributed by atoms with Crippen molar-refractivity contribution in [2.45, 2.75) is 19.4 Å². The molecule has 2 heterocycles. The van der Waals surface area contributed by atoms with Gasteiger partial charge in [-0.1, -0.05) is 18.2 Å². The summed E-state index contributed by atoms with van der Waals surface area (Å²) in [6.07, 6.45) is 1.84. The number of aromatic carboxylic acids is 1. The van der Waals surface area contributed by atoms with Crippen LogP contribution in [-0.4, -0.2) is 32.6 Å². The molecule has 0 bridgehead atoms. The van der Waals surface area contributed by atoms with Crippen LogP contribution in [0.15, 0.2) is 48.7 Å². The average molecular weight is 435 g/mol. The molecular weight excluding hydrogens is 417 g/mol. The van der Waals surface area contributed by atoms with Gasteiger partial charge < -0.3 is 10.2 Å². The number of hydrogen-bond donors (Lipinski definition) is 2. The molecule has 2 aromatic heterocycles. The summed E-state index contributed by atoms with van der Waals surface area (Å²) in [7, 11) is 0. The Kier molecular flexibility index (Phi) is 5.09. The summed E-state index contributed by atoms with van der Waals surface area (Å²) in [6.45, 7) is 10.7. The second-order valence-electron chi connectivity index (χ2n) is 7.75. The molecule has 0 aliphatic rings. The molecule has 0 saturated heterocycles. The summed E-state index contributed by atoms with van der Waals surface area (Å²) in [6, 6.07) is 11.4. The van der Waals surface area contributed by atoms with Crippen molar-refractivity contribution in [3.8, 4) is 21.6 Å². The number of thiophene rings is 1. The number of rotatable bonds is 5. The van der Waals surface area contributed by atoms with Crippen LogP contribution >= 0.6 is 11.3 Å². The normalized spacial score (nSPS) is 11.6. The monoisotopic (exact) mass is 435 g/mol. The minimum atomic E-state index is -1.06. The van der Waals surface area contributed by atoms with E-state index in [1.807, 2.05) is 38.2 Å². The number of carbonyl (C=O) groups is 1. The van der Waals surface area contributed by atoms with Gasteiger partial charge in [0, 0.05) is 22.0 Å². The fourth-order valence-electron chi connectivity index (χ4n) is 3.24. The molecular formula is C23H18FN3O3S. The van der Waals surface area contributed by atoms with E-state index in [1.54, 1.807) is 10.7 Å². The maximum absolute atomic E-state index is 14.2. The molecule has 0 fully saturated rings. The Hall–Kier alpha value is -3.54. The van der Waals surface area contributed by atoms with Crippen LogP contribution in [-0.2, 0) is 5.54 Å². The predicted octanol–water partition coefficient (Wildman–Crippen LogP) is 5.55. The molecule has 0 amide bonds. The predicted molar refractivity (Wildman–Crippen MR) is 118 cm³/mol. The molecule has 0 atom stereocenters. The lowest BCUT2D eigenvalue weighted by atomic mass is 10.0. The van der Waals surface area contributed by atoms with Crippen molar-refractivity contribution in [3.05, 3.63) is 70.8 Å². The molecule has 2 aromatic carbocycles. The minimum absolute atomic E-state index is 0.0724. The maximum Gasteiger partial charge on any atom is 0.345 e. The van der Waals surface area contributed by atoms with Gasteiger partial charge in [-0.25, -0.2) is 14.0 Å². The lowest BCUT2D eigenvalue weighted by Gasteiger charge is -2.21. The van der Waals surface area contributed by atoms with Crippen LogP contribution in [0.25, 0.3) is 37.3 Å².